The number of hydrogen-bond acceptors (Lipinski definition) is 3. The number of furan rings is 1. The number of nitrogens with zero attached hydrogens (tertiary/aromatic N) is 2. The molecule has 1 amide bonds. The molecule has 6 heteroatoms. The number of rotatable bonds is 3. The highest BCUT2D eigenvalue weighted by Crippen LogP contribution is 2.20. The van der Waals surface area contributed by atoms with Gasteiger partial charge in [0.2, 0.25) is 0 Å². The van der Waals surface area contributed by atoms with E-state index in [9.17, 15) is 4.79 Å². The van der Waals surface area contributed by atoms with E-state index in [0.29, 0.717) is 23.1 Å². The zero-order valence-electron chi connectivity index (χ0n) is 10.5. The van der Waals surface area contributed by atoms with Crippen LogP contribution in [0.3, 0.4) is 0 Å². The topological polar surface area (TPSA) is 60.1 Å². The standard InChI is InChI=1S/C12H14ClN3O2/c1-7-11(13)8(2)16(15-7)6-9-4-5-10(18-9)12(17)14-3/h4-5H,6H2,1-3H3,(H,14,17). The van der Waals surface area contributed by atoms with Crippen LogP contribution in [0.25, 0.3) is 0 Å². The smallest absolute Gasteiger partial charge is 0.286 e. The van der Waals surface area contributed by atoms with Crippen molar-refractivity contribution in [2.45, 2.75) is 20.4 Å². The van der Waals surface area contributed by atoms with Gasteiger partial charge < -0.3 is 9.73 Å². The van der Waals surface area contributed by atoms with Gasteiger partial charge in [0.15, 0.2) is 5.76 Å². The summed E-state index contributed by atoms with van der Waals surface area (Å²) in [4.78, 5) is 11.4. The van der Waals surface area contributed by atoms with E-state index in [0.717, 1.165) is 11.4 Å². The van der Waals surface area contributed by atoms with Gasteiger partial charge >= 0.3 is 0 Å². The molecule has 0 aliphatic rings. The molecule has 0 saturated carbocycles. The Balaban J connectivity index is 2.21. The second-order valence-electron chi connectivity index (χ2n) is 3.99. The van der Waals surface area contributed by atoms with E-state index in [1.165, 1.54) is 0 Å². The first-order chi connectivity index (χ1) is 8.52. The molecule has 2 heterocycles. The van der Waals surface area contributed by atoms with E-state index in [1.54, 1.807) is 23.9 Å². The Morgan fingerprint density at radius 1 is 1.50 bits per heavy atom. The molecule has 0 radical (unpaired) electrons. The third kappa shape index (κ3) is 2.26. The summed E-state index contributed by atoms with van der Waals surface area (Å²) in [5.74, 6) is 0.712. The van der Waals surface area contributed by atoms with Crippen LogP contribution in [0, 0.1) is 13.8 Å². The number of aromatic nitrogens is 2. The molecule has 2 aromatic rings. The number of hydrogen-bond donors (Lipinski definition) is 1. The van der Waals surface area contributed by atoms with Crippen LogP contribution in [0.5, 0.6) is 0 Å². The van der Waals surface area contributed by atoms with Crippen LogP contribution in [-0.2, 0) is 6.54 Å². The van der Waals surface area contributed by atoms with Crippen molar-refractivity contribution in [3.05, 3.63) is 40.1 Å². The van der Waals surface area contributed by atoms with Gasteiger partial charge in [0, 0.05) is 7.05 Å². The summed E-state index contributed by atoms with van der Waals surface area (Å²) >= 11 is 6.06. The van der Waals surface area contributed by atoms with Crippen molar-refractivity contribution in [1.82, 2.24) is 15.1 Å². The molecule has 1 N–H and O–H groups in total. The van der Waals surface area contributed by atoms with Gasteiger partial charge in [0.05, 0.1) is 23.0 Å². The molecule has 0 aliphatic carbocycles. The SMILES string of the molecule is CNC(=O)c1ccc(Cn2nc(C)c(Cl)c2C)o1. The van der Waals surface area contributed by atoms with Crippen LogP contribution in [0.15, 0.2) is 16.5 Å². The fraction of sp³-hybridized carbons (Fsp3) is 0.333. The Hall–Kier alpha value is -1.75. The van der Waals surface area contributed by atoms with Gasteiger partial charge in [0.25, 0.3) is 5.91 Å². The molecule has 0 saturated heterocycles. The first-order valence-corrected chi connectivity index (χ1v) is 5.91. The Bertz CT molecular complexity index is 586. The van der Waals surface area contributed by atoms with Gasteiger partial charge in [-0.15, -0.1) is 0 Å². The third-order valence-corrected chi connectivity index (χ3v) is 3.26. The quantitative estimate of drug-likeness (QED) is 0.927. The minimum absolute atomic E-state index is 0.243. The third-order valence-electron chi connectivity index (χ3n) is 2.71. The van der Waals surface area contributed by atoms with E-state index in [2.05, 4.69) is 10.4 Å². The fourth-order valence-corrected chi connectivity index (χ4v) is 1.82. The maximum Gasteiger partial charge on any atom is 0.286 e. The van der Waals surface area contributed by atoms with Gasteiger partial charge in [-0.05, 0) is 26.0 Å². The van der Waals surface area contributed by atoms with E-state index in [-0.39, 0.29) is 5.91 Å². The van der Waals surface area contributed by atoms with Crippen molar-refractivity contribution >= 4 is 17.5 Å². The summed E-state index contributed by atoms with van der Waals surface area (Å²) in [6, 6.07) is 3.40. The molecule has 0 bridgehead atoms. The average molecular weight is 268 g/mol. The number of carbonyl (C=O) groups excluding carboxylic acids is 1. The van der Waals surface area contributed by atoms with E-state index < -0.39 is 0 Å². The highest BCUT2D eigenvalue weighted by molar-refractivity contribution is 6.31. The molecule has 0 fully saturated rings. The van der Waals surface area contributed by atoms with E-state index in [4.69, 9.17) is 16.0 Å². The Kier molecular flexibility index (Phi) is 3.43. The monoisotopic (exact) mass is 267 g/mol. The summed E-state index contributed by atoms with van der Waals surface area (Å²) in [5.41, 5.74) is 1.67. The Labute approximate surface area is 110 Å². The van der Waals surface area contributed by atoms with Crippen LogP contribution >= 0.6 is 11.6 Å². The van der Waals surface area contributed by atoms with Crippen molar-refractivity contribution in [1.29, 1.82) is 0 Å². The van der Waals surface area contributed by atoms with Crippen LogP contribution in [0.1, 0.15) is 27.7 Å². The van der Waals surface area contributed by atoms with Crippen molar-refractivity contribution < 1.29 is 9.21 Å². The lowest BCUT2D eigenvalue weighted by Gasteiger charge is -2.01. The summed E-state index contributed by atoms with van der Waals surface area (Å²) in [5, 5.41) is 7.47. The van der Waals surface area contributed by atoms with Gasteiger partial charge in [-0.3, -0.25) is 9.48 Å². The van der Waals surface area contributed by atoms with Crippen molar-refractivity contribution in [3.8, 4) is 0 Å². The predicted octanol–water partition coefficient (Wildman–Crippen LogP) is 2.15. The van der Waals surface area contributed by atoms with E-state index >= 15 is 0 Å². The van der Waals surface area contributed by atoms with Crippen LogP contribution < -0.4 is 5.32 Å². The van der Waals surface area contributed by atoms with Crippen molar-refractivity contribution in [2.24, 2.45) is 0 Å². The molecular weight excluding hydrogens is 254 g/mol. The second kappa shape index (κ2) is 4.86. The van der Waals surface area contributed by atoms with Crippen molar-refractivity contribution in [2.75, 3.05) is 7.05 Å². The number of halogens is 1. The minimum atomic E-state index is -0.243. The van der Waals surface area contributed by atoms with Crippen LogP contribution in [0.4, 0.5) is 0 Å². The first-order valence-electron chi connectivity index (χ1n) is 5.53. The minimum Gasteiger partial charge on any atom is -0.454 e. The predicted molar refractivity (Wildman–Crippen MR) is 67.9 cm³/mol. The number of nitrogens with one attached hydrogen (secondary N) is 1. The summed E-state index contributed by atoms with van der Waals surface area (Å²) in [6.45, 7) is 4.20. The molecular formula is C12H14ClN3O2. The summed E-state index contributed by atoms with van der Waals surface area (Å²) < 4.78 is 7.18. The van der Waals surface area contributed by atoms with Gasteiger partial charge in [-0.25, -0.2) is 0 Å². The first kappa shape index (κ1) is 12.7. The molecule has 2 aromatic heterocycles. The lowest BCUT2D eigenvalue weighted by Crippen LogP contribution is -2.16. The highest BCUT2D eigenvalue weighted by atomic mass is 35.5. The molecule has 0 spiro atoms. The largest absolute Gasteiger partial charge is 0.454 e. The van der Waals surface area contributed by atoms with Gasteiger partial charge in [-0.2, -0.15) is 5.10 Å². The van der Waals surface area contributed by atoms with E-state index in [1.807, 2.05) is 13.8 Å². The Morgan fingerprint density at radius 2 is 2.22 bits per heavy atom. The summed E-state index contributed by atoms with van der Waals surface area (Å²) in [7, 11) is 1.56. The average Bonchev–Trinajstić information content (AvgIpc) is 2.91. The lowest BCUT2D eigenvalue weighted by atomic mass is 10.4. The summed E-state index contributed by atoms with van der Waals surface area (Å²) in [6.07, 6.45) is 0. The molecule has 5 nitrogen and oxygen atoms in total. The fourth-order valence-electron chi connectivity index (χ4n) is 1.68. The van der Waals surface area contributed by atoms with Crippen LogP contribution in [-0.4, -0.2) is 22.7 Å². The lowest BCUT2D eigenvalue weighted by molar-refractivity contribution is 0.0933. The van der Waals surface area contributed by atoms with Gasteiger partial charge in [-0.1, -0.05) is 11.6 Å². The molecule has 2 rings (SSSR count). The second-order valence-corrected chi connectivity index (χ2v) is 4.37. The number of amides is 1. The number of aryl methyl sites for hydroxylation is 1. The van der Waals surface area contributed by atoms with Gasteiger partial charge in [0.1, 0.15) is 5.76 Å². The molecule has 0 aliphatic heterocycles. The molecule has 96 valence electrons. The maximum atomic E-state index is 11.4. The van der Waals surface area contributed by atoms with Crippen molar-refractivity contribution in [3.63, 3.8) is 0 Å². The van der Waals surface area contributed by atoms with Crippen LogP contribution in [0.2, 0.25) is 5.02 Å². The molecule has 0 atom stereocenters. The molecule has 0 unspecified atom stereocenters. The molecule has 0 aromatic carbocycles. The number of carbonyl (C=O) groups is 1. The normalized spacial score (nSPS) is 10.7. The molecule has 18 heavy (non-hydrogen) atoms. The highest BCUT2D eigenvalue weighted by Gasteiger charge is 2.13. The Morgan fingerprint density at radius 3 is 2.78 bits per heavy atom. The maximum absolute atomic E-state index is 11.4. The zero-order valence-corrected chi connectivity index (χ0v) is 11.2. The zero-order chi connectivity index (χ0) is 13.3.